The minimum absolute atomic E-state index is 0.00213. The van der Waals surface area contributed by atoms with Crippen LogP contribution in [0.2, 0.25) is 0 Å². The molecular formula is C14H18N2O2. The Morgan fingerprint density at radius 3 is 3.06 bits per heavy atom. The highest BCUT2D eigenvalue weighted by Gasteiger charge is 2.19. The molecule has 4 heteroatoms. The molecule has 0 bridgehead atoms. The zero-order valence-electron chi connectivity index (χ0n) is 10.4. The van der Waals surface area contributed by atoms with Gasteiger partial charge in [0.25, 0.3) is 5.91 Å². The Hall–Kier alpha value is -1.55. The summed E-state index contributed by atoms with van der Waals surface area (Å²) in [5.41, 5.74) is 1.87. The van der Waals surface area contributed by atoms with E-state index in [2.05, 4.69) is 10.6 Å². The molecule has 3 rings (SSSR count). The largest absolute Gasteiger partial charge is 0.493 e. The van der Waals surface area contributed by atoms with E-state index in [1.807, 2.05) is 18.2 Å². The van der Waals surface area contributed by atoms with E-state index in [1.54, 1.807) is 0 Å². The first-order chi connectivity index (χ1) is 8.83. The minimum Gasteiger partial charge on any atom is -0.493 e. The van der Waals surface area contributed by atoms with Gasteiger partial charge >= 0.3 is 0 Å². The average molecular weight is 246 g/mol. The van der Waals surface area contributed by atoms with Crippen molar-refractivity contribution >= 4 is 5.91 Å². The van der Waals surface area contributed by atoms with Gasteiger partial charge in [-0.25, -0.2) is 0 Å². The topological polar surface area (TPSA) is 50.4 Å². The van der Waals surface area contributed by atoms with Crippen molar-refractivity contribution in [2.45, 2.75) is 25.3 Å². The zero-order valence-corrected chi connectivity index (χ0v) is 10.4. The maximum absolute atomic E-state index is 11.9. The molecule has 96 valence electrons. The Kier molecular flexibility index (Phi) is 3.19. The molecule has 2 aliphatic rings. The summed E-state index contributed by atoms with van der Waals surface area (Å²) >= 11 is 0. The van der Waals surface area contributed by atoms with Crippen molar-refractivity contribution in [3.8, 4) is 5.75 Å². The summed E-state index contributed by atoms with van der Waals surface area (Å²) in [7, 11) is 0. The van der Waals surface area contributed by atoms with E-state index in [9.17, 15) is 4.79 Å². The van der Waals surface area contributed by atoms with Crippen LogP contribution in [0.25, 0.3) is 0 Å². The minimum atomic E-state index is 0.00213. The Bertz CT molecular complexity index is 455. The highest BCUT2D eigenvalue weighted by atomic mass is 16.5. The van der Waals surface area contributed by atoms with Gasteiger partial charge in [0.2, 0.25) is 0 Å². The second kappa shape index (κ2) is 4.98. The van der Waals surface area contributed by atoms with Crippen molar-refractivity contribution in [1.29, 1.82) is 0 Å². The monoisotopic (exact) mass is 246 g/mol. The van der Waals surface area contributed by atoms with Crippen LogP contribution >= 0.6 is 0 Å². The third kappa shape index (κ3) is 2.64. The molecule has 0 radical (unpaired) electrons. The van der Waals surface area contributed by atoms with Gasteiger partial charge in [0.1, 0.15) is 5.75 Å². The van der Waals surface area contributed by atoms with Crippen LogP contribution in [-0.4, -0.2) is 31.6 Å². The number of amides is 1. The molecular weight excluding hydrogens is 228 g/mol. The first-order valence-corrected chi connectivity index (χ1v) is 6.60. The molecule has 0 atom stereocenters. The van der Waals surface area contributed by atoms with Crippen molar-refractivity contribution in [2.24, 2.45) is 0 Å². The van der Waals surface area contributed by atoms with Crippen LogP contribution in [0.3, 0.4) is 0 Å². The summed E-state index contributed by atoms with van der Waals surface area (Å²) in [6.45, 7) is 2.26. The summed E-state index contributed by atoms with van der Waals surface area (Å²) in [5, 5.41) is 6.30. The number of hydrogen-bond donors (Lipinski definition) is 2. The van der Waals surface area contributed by atoms with Gasteiger partial charge in [-0.1, -0.05) is 0 Å². The number of fused-ring (bicyclic) bond motifs is 1. The number of carbonyl (C=O) groups is 1. The zero-order chi connectivity index (χ0) is 12.4. The van der Waals surface area contributed by atoms with Crippen LogP contribution < -0.4 is 15.4 Å². The second-order valence-electron chi connectivity index (χ2n) is 4.91. The maximum atomic E-state index is 11.9. The van der Waals surface area contributed by atoms with E-state index in [-0.39, 0.29) is 5.91 Å². The maximum Gasteiger partial charge on any atom is 0.251 e. The van der Waals surface area contributed by atoms with Crippen LogP contribution in [0.4, 0.5) is 0 Å². The first kappa shape index (κ1) is 11.5. The predicted molar refractivity (Wildman–Crippen MR) is 69.0 cm³/mol. The number of hydrogen-bond acceptors (Lipinski definition) is 3. The van der Waals surface area contributed by atoms with E-state index >= 15 is 0 Å². The van der Waals surface area contributed by atoms with Gasteiger partial charge in [0.15, 0.2) is 0 Å². The molecule has 0 spiro atoms. The number of ether oxygens (including phenoxy) is 1. The van der Waals surface area contributed by atoms with E-state index < -0.39 is 0 Å². The summed E-state index contributed by atoms with van der Waals surface area (Å²) < 4.78 is 5.42. The van der Waals surface area contributed by atoms with Gasteiger partial charge in [0, 0.05) is 31.1 Å². The lowest BCUT2D eigenvalue weighted by Crippen LogP contribution is -2.32. The Morgan fingerprint density at radius 1 is 1.33 bits per heavy atom. The van der Waals surface area contributed by atoms with Crippen molar-refractivity contribution < 1.29 is 9.53 Å². The van der Waals surface area contributed by atoms with Crippen LogP contribution in [0.15, 0.2) is 18.2 Å². The first-order valence-electron chi connectivity index (χ1n) is 6.60. The van der Waals surface area contributed by atoms with Gasteiger partial charge < -0.3 is 15.4 Å². The number of nitrogens with one attached hydrogen (secondary N) is 2. The standard InChI is InChI=1S/C14H18N2O2/c17-14(16-7-6-15-12-2-3-12)11-1-4-13-10(9-11)5-8-18-13/h1,4,9,12,15H,2-3,5-8H2,(H,16,17). The molecule has 1 aromatic rings. The molecule has 1 saturated carbocycles. The molecule has 2 N–H and O–H groups in total. The lowest BCUT2D eigenvalue weighted by atomic mass is 10.1. The Morgan fingerprint density at radius 2 is 2.22 bits per heavy atom. The SMILES string of the molecule is O=C(NCCNC1CC1)c1ccc2c(c1)CCO2. The quantitative estimate of drug-likeness (QED) is 0.765. The number of carbonyl (C=O) groups excluding carboxylic acids is 1. The summed E-state index contributed by atoms with van der Waals surface area (Å²) in [6.07, 6.45) is 3.46. The molecule has 1 aliphatic carbocycles. The molecule has 1 fully saturated rings. The molecule has 1 aromatic carbocycles. The summed E-state index contributed by atoms with van der Waals surface area (Å²) in [4.78, 5) is 11.9. The van der Waals surface area contributed by atoms with Gasteiger partial charge in [0.05, 0.1) is 6.61 Å². The normalized spacial score (nSPS) is 17.1. The van der Waals surface area contributed by atoms with Crippen LogP contribution in [0, 0.1) is 0 Å². The van der Waals surface area contributed by atoms with Crippen molar-refractivity contribution in [1.82, 2.24) is 10.6 Å². The summed E-state index contributed by atoms with van der Waals surface area (Å²) in [6, 6.07) is 6.35. The molecule has 0 saturated heterocycles. The lowest BCUT2D eigenvalue weighted by Gasteiger charge is -2.07. The molecule has 18 heavy (non-hydrogen) atoms. The highest BCUT2D eigenvalue weighted by molar-refractivity contribution is 5.94. The van der Waals surface area contributed by atoms with Gasteiger partial charge in [-0.3, -0.25) is 4.79 Å². The molecule has 1 heterocycles. The van der Waals surface area contributed by atoms with E-state index in [0.717, 1.165) is 36.4 Å². The second-order valence-corrected chi connectivity index (χ2v) is 4.91. The average Bonchev–Trinajstić information content (AvgIpc) is 3.09. The number of rotatable bonds is 5. The van der Waals surface area contributed by atoms with Gasteiger partial charge in [-0.15, -0.1) is 0 Å². The van der Waals surface area contributed by atoms with Crippen LogP contribution in [0.1, 0.15) is 28.8 Å². The van der Waals surface area contributed by atoms with Crippen molar-refractivity contribution in [2.75, 3.05) is 19.7 Å². The third-order valence-electron chi connectivity index (χ3n) is 3.37. The fraction of sp³-hybridized carbons (Fsp3) is 0.500. The molecule has 0 unspecified atom stereocenters. The van der Waals surface area contributed by atoms with Gasteiger partial charge in [-0.2, -0.15) is 0 Å². The molecule has 1 amide bonds. The summed E-state index contributed by atoms with van der Waals surface area (Å²) in [5.74, 6) is 0.921. The molecule has 0 aromatic heterocycles. The van der Waals surface area contributed by atoms with Gasteiger partial charge in [-0.05, 0) is 36.6 Å². The van der Waals surface area contributed by atoms with Crippen molar-refractivity contribution in [3.63, 3.8) is 0 Å². The highest BCUT2D eigenvalue weighted by Crippen LogP contribution is 2.25. The fourth-order valence-electron chi connectivity index (χ4n) is 2.17. The lowest BCUT2D eigenvalue weighted by molar-refractivity contribution is 0.0954. The van der Waals surface area contributed by atoms with Crippen LogP contribution in [0.5, 0.6) is 5.75 Å². The predicted octanol–water partition coefficient (Wildman–Crippen LogP) is 1.10. The van der Waals surface area contributed by atoms with E-state index in [1.165, 1.54) is 12.8 Å². The molecule has 1 aliphatic heterocycles. The molecule has 4 nitrogen and oxygen atoms in total. The van der Waals surface area contributed by atoms with E-state index in [0.29, 0.717) is 12.6 Å². The van der Waals surface area contributed by atoms with E-state index in [4.69, 9.17) is 4.74 Å². The Labute approximate surface area is 107 Å². The van der Waals surface area contributed by atoms with Crippen LogP contribution in [-0.2, 0) is 6.42 Å². The smallest absolute Gasteiger partial charge is 0.251 e. The number of benzene rings is 1. The van der Waals surface area contributed by atoms with Crippen molar-refractivity contribution in [3.05, 3.63) is 29.3 Å². The fourth-order valence-corrected chi connectivity index (χ4v) is 2.17. The third-order valence-corrected chi connectivity index (χ3v) is 3.37. The Balaban J connectivity index is 1.51.